The fraction of sp³-hybridized carbons (Fsp3) is 0.625. The number of rotatable bonds is 6. The van der Waals surface area contributed by atoms with Gasteiger partial charge < -0.3 is 15.0 Å². The maximum atomic E-state index is 5.65. The van der Waals surface area contributed by atoms with Gasteiger partial charge >= 0.3 is 0 Å². The molecular formula is C16H26N2O. The van der Waals surface area contributed by atoms with Gasteiger partial charge in [-0.05, 0) is 58.4 Å². The molecule has 19 heavy (non-hydrogen) atoms. The van der Waals surface area contributed by atoms with Crippen molar-refractivity contribution in [3.8, 4) is 5.75 Å². The summed E-state index contributed by atoms with van der Waals surface area (Å²) < 4.78 is 5.65. The summed E-state index contributed by atoms with van der Waals surface area (Å²) in [5.41, 5.74) is 1.26. The van der Waals surface area contributed by atoms with Gasteiger partial charge in [0.1, 0.15) is 5.75 Å². The fourth-order valence-electron chi connectivity index (χ4n) is 2.62. The van der Waals surface area contributed by atoms with Gasteiger partial charge in [-0.3, -0.25) is 0 Å². The van der Waals surface area contributed by atoms with Crippen molar-refractivity contribution >= 4 is 0 Å². The van der Waals surface area contributed by atoms with E-state index in [4.69, 9.17) is 4.74 Å². The molecule has 1 fully saturated rings. The quantitative estimate of drug-likeness (QED) is 0.852. The van der Waals surface area contributed by atoms with Gasteiger partial charge in [-0.15, -0.1) is 0 Å². The molecule has 0 spiro atoms. The minimum absolute atomic E-state index is 0.728. The van der Waals surface area contributed by atoms with Crippen molar-refractivity contribution in [2.24, 2.45) is 5.92 Å². The highest BCUT2D eigenvalue weighted by Crippen LogP contribution is 2.18. The van der Waals surface area contributed by atoms with Crippen molar-refractivity contribution in [2.75, 3.05) is 33.3 Å². The minimum Gasteiger partial charge on any atom is -0.494 e. The van der Waals surface area contributed by atoms with Crippen LogP contribution in [0.4, 0.5) is 0 Å². The zero-order chi connectivity index (χ0) is 13.5. The second-order valence-corrected chi connectivity index (χ2v) is 5.42. The average molecular weight is 262 g/mol. The number of likely N-dealkylation sites (tertiary alicyclic amines) is 1. The molecule has 1 N–H and O–H groups in total. The molecule has 1 heterocycles. The van der Waals surface area contributed by atoms with Crippen molar-refractivity contribution in [3.63, 3.8) is 0 Å². The number of hydrogen-bond donors (Lipinski definition) is 1. The van der Waals surface area contributed by atoms with Crippen LogP contribution in [0.3, 0.4) is 0 Å². The Morgan fingerprint density at radius 2 is 2.00 bits per heavy atom. The molecule has 3 nitrogen and oxygen atoms in total. The zero-order valence-corrected chi connectivity index (χ0v) is 12.2. The summed E-state index contributed by atoms with van der Waals surface area (Å²) in [5, 5.41) is 3.59. The van der Waals surface area contributed by atoms with Gasteiger partial charge in [-0.1, -0.05) is 18.2 Å². The molecule has 106 valence electrons. The highest BCUT2D eigenvalue weighted by molar-refractivity contribution is 5.33. The Morgan fingerprint density at radius 1 is 1.26 bits per heavy atom. The first-order chi connectivity index (χ1) is 9.29. The number of nitrogens with zero attached hydrogens (tertiary/aromatic N) is 1. The number of piperidine rings is 1. The van der Waals surface area contributed by atoms with Crippen molar-refractivity contribution < 1.29 is 4.74 Å². The standard InChI is InChI=1S/C16H26N2O/c1-3-19-16-7-5-4-6-15(16)13-17-12-14-8-10-18(2)11-9-14/h4-7,14,17H,3,8-13H2,1-2H3. The fourth-order valence-corrected chi connectivity index (χ4v) is 2.62. The molecule has 1 aliphatic rings. The molecule has 0 amide bonds. The van der Waals surface area contributed by atoms with E-state index in [0.29, 0.717) is 0 Å². The molecule has 1 aliphatic heterocycles. The van der Waals surface area contributed by atoms with Crippen LogP contribution in [-0.4, -0.2) is 38.2 Å². The third-order valence-corrected chi connectivity index (χ3v) is 3.86. The predicted octanol–water partition coefficient (Wildman–Crippen LogP) is 2.52. The number of benzene rings is 1. The number of hydrogen-bond acceptors (Lipinski definition) is 3. The van der Waals surface area contributed by atoms with E-state index in [1.807, 2.05) is 13.0 Å². The lowest BCUT2D eigenvalue weighted by Gasteiger charge is -2.29. The van der Waals surface area contributed by atoms with E-state index in [-0.39, 0.29) is 0 Å². The first-order valence-electron chi connectivity index (χ1n) is 7.39. The maximum absolute atomic E-state index is 5.65. The van der Waals surface area contributed by atoms with E-state index in [9.17, 15) is 0 Å². The highest BCUT2D eigenvalue weighted by Gasteiger charge is 2.16. The normalized spacial score (nSPS) is 17.6. The first kappa shape index (κ1) is 14.4. The molecule has 1 aromatic carbocycles. The Kier molecular flexibility index (Phi) is 5.67. The number of nitrogens with one attached hydrogen (secondary N) is 1. The Bertz CT molecular complexity index is 373. The van der Waals surface area contributed by atoms with Gasteiger partial charge in [-0.25, -0.2) is 0 Å². The Morgan fingerprint density at radius 3 is 2.74 bits per heavy atom. The van der Waals surface area contributed by atoms with Gasteiger partial charge in [0.15, 0.2) is 0 Å². The van der Waals surface area contributed by atoms with Crippen LogP contribution < -0.4 is 10.1 Å². The summed E-state index contributed by atoms with van der Waals surface area (Å²) in [6.45, 7) is 7.26. The third kappa shape index (κ3) is 4.51. The summed E-state index contributed by atoms with van der Waals surface area (Å²) >= 11 is 0. The molecule has 2 rings (SSSR count). The first-order valence-corrected chi connectivity index (χ1v) is 7.39. The van der Waals surface area contributed by atoms with E-state index in [2.05, 4.69) is 35.5 Å². The molecule has 0 aromatic heterocycles. The van der Waals surface area contributed by atoms with Crippen LogP contribution in [0, 0.1) is 5.92 Å². The second-order valence-electron chi connectivity index (χ2n) is 5.42. The molecule has 0 aliphatic carbocycles. The highest BCUT2D eigenvalue weighted by atomic mass is 16.5. The topological polar surface area (TPSA) is 24.5 Å². The lowest BCUT2D eigenvalue weighted by molar-refractivity contribution is 0.215. The van der Waals surface area contributed by atoms with Crippen molar-refractivity contribution in [1.29, 1.82) is 0 Å². The molecule has 1 aromatic rings. The minimum atomic E-state index is 0.728. The van der Waals surface area contributed by atoms with Crippen LogP contribution in [0.2, 0.25) is 0 Å². The van der Waals surface area contributed by atoms with Crippen LogP contribution in [0.15, 0.2) is 24.3 Å². The molecular weight excluding hydrogens is 236 g/mol. The molecule has 0 atom stereocenters. The summed E-state index contributed by atoms with van der Waals surface area (Å²) in [4.78, 5) is 2.42. The van der Waals surface area contributed by atoms with E-state index >= 15 is 0 Å². The van der Waals surface area contributed by atoms with E-state index in [1.165, 1.54) is 31.5 Å². The molecule has 0 saturated carbocycles. The van der Waals surface area contributed by atoms with Crippen LogP contribution in [0.25, 0.3) is 0 Å². The molecule has 0 radical (unpaired) electrons. The predicted molar refractivity (Wildman–Crippen MR) is 79.5 cm³/mol. The number of ether oxygens (including phenoxy) is 1. The average Bonchev–Trinajstić information content (AvgIpc) is 2.43. The summed E-state index contributed by atoms with van der Waals surface area (Å²) in [6.07, 6.45) is 2.63. The zero-order valence-electron chi connectivity index (χ0n) is 12.2. The third-order valence-electron chi connectivity index (χ3n) is 3.86. The monoisotopic (exact) mass is 262 g/mol. The second kappa shape index (κ2) is 7.51. The summed E-state index contributed by atoms with van der Waals surface area (Å²) in [7, 11) is 2.21. The lowest BCUT2D eigenvalue weighted by atomic mass is 9.97. The van der Waals surface area contributed by atoms with Crippen LogP contribution in [0.1, 0.15) is 25.3 Å². The Hall–Kier alpha value is -1.06. The summed E-state index contributed by atoms with van der Waals surface area (Å²) in [6, 6.07) is 8.31. The van der Waals surface area contributed by atoms with Gasteiger partial charge in [0.25, 0.3) is 0 Å². The van der Waals surface area contributed by atoms with E-state index in [0.717, 1.165) is 31.4 Å². The smallest absolute Gasteiger partial charge is 0.123 e. The largest absolute Gasteiger partial charge is 0.494 e. The van der Waals surface area contributed by atoms with Crippen molar-refractivity contribution in [2.45, 2.75) is 26.3 Å². The molecule has 0 bridgehead atoms. The van der Waals surface area contributed by atoms with Gasteiger partial charge in [-0.2, -0.15) is 0 Å². The van der Waals surface area contributed by atoms with Gasteiger partial charge in [0, 0.05) is 12.1 Å². The summed E-state index contributed by atoms with van der Waals surface area (Å²) in [5.74, 6) is 1.84. The molecule has 1 saturated heterocycles. The van der Waals surface area contributed by atoms with Crippen LogP contribution in [0.5, 0.6) is 5.75 Å². The van der Waals surface area contributed by atoms with Crippen LogP contribution >= 0.6 is 0 Å². The Labute approximate surface area is 116 Å². The molecule has 0 unspecified atom stereocenters. The van der Waals surface area contributed by atoms with E-state index in [1.54, 1.807) is 0 Å². The van der Waals surface area contributed by atoms with Gasteiger partial charge in [0.05, 0.1) is 6.61 Å². The van der Waals surface area contributed by atoms with Gasteiger partial charge in [0.2, 0.25) is 0 Å². The van der Waals surface area contributed by atoms with Crippen LogP contribution in [-0.2, 0) is 6.54 Å². The maximum Gasteiger partial charge on any atom is 0.123 e. The van der Waals surface area contributed by atoms with Crippen molar-refractivity contribution in [1.82, 2.24) is 10.2 Å². The number of para-hydroxylation sites is 1. The van der Waals surface area contributed by atoms with Crippen molar-refractivity contribution in [3.05, 3.63) is 29.8 Å². The lowest BCUT2D eigenvalue weighted by Crippen LogP contribution is -2.34. The SMILES string of the molecule is CCOc1ccccc1CNCC1CCN(C)CC1. The Balaban J connectivity index is 1.76. The molecule has 3 heteroatoms. The van der Waals surface area contributed by atoms with E-state index < -0.39 is 0 Å².